The molecule has 1 aliphatic heterocycles. The molecule has 0 spiro atoms. The van der Waals surface area contributed by atoms with Gasteiger partial charge in [-0.1, -0.05) is 13.3 Å². The highest BCUT2D eigenvalue weighted by Gasteiger charge is 2.17. The number of likely N-dealkylation sites (tertiary alicyclic amines) is 1. The Hall–Kier alpha value is -0.610. The molecular weight excluding hydrogens is 214 g/mol. The van der Waals surface area contributed by atoms with Gasteiger partial charge >= 0.3 is 0 Å². The Labute approximate surface area is 105 Å². The van der Waals surface area contributed by atoms with Gasteiger partial charge in [0, 0.05) is 12.1 Å². The lowest BCUT2D eigenvalue weighted by Gasteiger charge is -2.29. The van der Waals surface area contributed by atoms with E-state index in [4.69, 9.17) is 0 Å². The Morgan fingerprint density at radius 2 is 2.06 bits per heavy atom. The van der Waals surface area contributed by atoms with Gasteiger partial charge in [-0.2, -0.15) is 0 Å². The van der Waals surface area contributed by atoms with Gasteiger partial charge in [0.1, 0.15) is 0 Å². The molecule has 0 bridgehead atoms. The van der Waals surface area contributed by atoms with E-state index in [1.165, 1.54) is 0 Å². The lowest BCUT2D eigenvalue weighted by molar-refractivity contribution is -0.121. The van der Waals surface area contributed by atoms with Gasteiger partial charge in [0.2, 0.25) is 5.91 Å². The molecule has 1 rings (SSSR count). The predicted molar refractivity (Wildman–Crippen MR) is 71.0 cm³/mol. The molecule has 0 aliphatic carbocycles. The second kappa shape index (κ2) is 7.67. The number of amides is 1. The van der Waals surface area contributed by atoms with Crippen LogP contribution in [-0.4, -0.2) is 49.6 Å². The van der Waals surface area contributed by atoms with Gasteiger partial charge in [-0.05, 0) is 46.3 Å². The van der Waals surface area contributed by atoms with Crippen LogP contribution in [0, 0.1) is 0 Å². The van der Waals surface area contributed by atoms with E-state index >= 15 is 0 Å². The molecule has 0 aromatic heterocycles. The largest absolute Gasteiger partial charge is 0.353 e. The average Bonchev–Trinajstić information content (AvgIpc) is 2.28. The standard InChI is InChI=1S/C13H27N3O/c1-4-5-11(2)15-13(17)10-14-12-6-8-16(3)9-7-12/h11-12,14H,4-10H2,1-3H3,(H,15,17). The van der Waals surface area contributed by atoms with Gasteiger partial charge < -0.3 is 15.5 Å². The van der Waals surface area contributed by atoms with Crippen LogP contribution in [0.2, 0.25) is 0 Å². The van der Waals surface area contributed by atoms with Gasteiger partial charge in [0.15, 0.2) is 0 Å². The number of hydrogen-bond donors (Lipinski definition) is 2. The molecule has 1 amide bonds. The minimum Gasteiger partial charge on any atom is -0.353 e. The Balaban J connectivity index is 2.11. The van der Waals surface area contributed by atoms with Crippen molar-refractivity contribution >= 4 is 5.91 Å². The summed E-state index contributed by atoms with van der Waals surface area (Å²) in [6.07, 6.45) is 4.46. The molecule has 1 aliphatic rings. The predicted octanol–water partition coefficient (Wildman–Crippen LogP) is 0.975. The molecule has 4 nitrogen and oxygen atoms in total. The third-order valence-electron chi connectivity index (χ3n) is 3.40. The van der Waals surface area contributed by atoms with E-state index in [0.29, 0.717) is 18.6 Å². The van der Waals surface area contributed by atoms with Gasteiger partial charge in [-0.3, -0.25) is 4.79 Å². The van der Waals surface area contributed by atoms with Crippen molar-refractivity contribution < 1.29 is 4.79 Å². The summed E-state index contributed by atoms with van der Waals surface area (Å²) in [5.74, 6) is 0.130. The summed E-state index contributed by atoms with van der Waals surface area (Å²) in [6, 6.07) is 0.810. The number of rotatable bonds is 6. The maximum Gasteiger partial charge on any atom is 0.234 e. The van der Waals surface area contributed by atoms with Gasteiger partial charge in [0.05, 0.1) is 6.54 Å². The topological polar surface area (TPSA) is 44.4 Å². The fraction of sp³-hybridized carbons (Fsp3) is 0.923. The van der Waals surface area contributed by atoms with Crippen LogP contribution in [0.5, 0.6) is 0 Å². The first-order chi connectivity index (χ1) is 8.11. The summed E-state index contributed by atoms with van der Waals surface area (Å²) in [5, 5.41) is 6.37. The highest BCUT2D eigenvalue weighted by Crippen LogP contribution is 2.07. The first kappa shape index (κ1) is 14.5. The molecule has 0 saturated carbocycles. The Kier molecular flexibility index (Phi) is 6.52. The lowest BCUT2D eigenvalue weighted by Crippen LogP contribution is -2.46. The second-order valence-corrected chi connectivity index (χ2v) is 5.22. The van der Waals surface area contributed by atoms with Crippen LogP contribution in [-0.2, 0) is 4.79 Å². The summed E-state index contributed by atoms with van der Waals surface area (Å²) in [7, 11) is 2.15. The number of carbonyl (C=O) groups is 1. The van der Waals surface area contributed by atoms with E-state index in [1.807, 2.05) is 0 Å². The Morgan fingerprint density at radius 3 is 2.65 bits per heavy atom. The zero-order chi connectivity index (χ0) is 12.7. The van der Waals surface area contributed by atoms with Crippen molar-refractivity contribution in [2.45, 2.75) is 51.6 Å². The van der Waals surface area contributed by atoms with Crippen molar-refractivity contribution in [1.29, 1.82) is 0 Å². The number of nitrogens with zero attached hydrogens (tertiary/aromatic N) is 1. The molecule has 17 heavy (non-hydrogen) atoms. The first-order valence-corrected chi connectivity index (χ1v) is 6.83. The molecule has 2 N–H and O–H groups in total. The summed E-state index contributed by atoms with van der Waals surface area (Å²) < 4.78 is 0. The summed E-state index contributed by atoms with van der Waals surface area (Å²) in [6.45, 7) is 6.93. The highest BCUT2D eigenvalue weighted by atomic mass is 16.1. The maximum atomic E-state index is 11.7. The van der Waals surface area contributed by atoms with Gasteiger partial charge in [-0.15, -0.1) is 0 Å². The van der Waals surface area contributed by atoms with Crippen LogP contribution < -0.4 is 10.6 Å². The maximum absolute atomic E-state index is 11.7. The smallest absolute Gasteiger partial charge is 0.234 e. The Bertz CT molecular complexity index is 225. The average molecular weight is 241 g/mol. The van der Waals surface area contributed by atoms with Crippen molar-refractivity contribution in [2.75, 3.05) is 26.7 Å². The highest BCUT2D eigenvalue weighted by molar-refractivity contribution is 5.78. The fourth-order valence-corrected chi connectivity index (χ4v) is 2.28. The number of piperidine rings is 1. The van der Waals surface area contributed by atoms with E-state index in [-0.39, 0.29) is 5.91 Å². The normalized spacial score (nSPS) is 20.2. The SMILES string of the molecule is CCCC(C)NC(=O)CNC1CCN(C)CC1. The zero-order valence-electron chi connectivity index (χ0n) is 11.5. The molecule has 0 aromatic rings. The number of nitrogens with one attached hydrogen (secondary N) is 2. The molecule has 0 aromatic carbocycles. The third-order valence-corrected chi connectivity index (χ3v) is 3.40. The minimum absolute atomic E-state index is 0.130. The molecule has 1 heterocycles. The van der Waals surface area contributed by atoms with Crippen LogP contribution in [0.15, 0.2) is 0 Å². The Morgan fingerprint density at radius 1 is 1.41 bits per heavy atom. The van der Waals surface area contributed by atoms with Crippen LogP contribution in [0.25, 0.3) is 0 Å². The minimum atomic E-state index is 0.130. The van der Waals surface area contributed by atoms with Crippen LogP contribution >= 0.6 is 0 Å². The van der Waals surface area contributed by atoms with E-state index < -0.39 is 0 Å². The van der Waals surface area contributed by atoms with Crippen LogP contribution in [0.4, 0.5) is 0 Å². The summed E-state index contributed by atoms with van der Waals surface area (Å²) >= 11 is 0. The molecule has 0 radical (unpaired) electrons. The molecule has 1 unspecified atom stereocenters. The van der Waals surface area contributed by atoms with Crippen molar-refractivity contribution in [3.63, 3.8) is 0 Å². The van der Waals surface area contributed by atoms with E-state index in [2.05, 4.69) is 36.4 Å². The molecule has 1 saturated heterocycles. The lowest BCUT2D eigenvalue weighted by atomic mass is 10.1. The van der Waals surface area contributed by atoms with E-state index in [0.717, 1.165) is 38.8 Å². The first-order valence-electron chi connectivity index (χ1n) is 6.83. The van der Waals surface area contributed by atoms with Gasteiger partial charge in [0.25, 0.3) is 0 Å². The number of hydrogen-bond acceptors (Lipinski definition) is 3. The quantitative estimate of drug-likeness (QED) is 0.728. The molecular formula is C13H27N3O. The van der Waals surface area contributed by atoms with Crippen LogP contribution in [0.3, 0.4) is 0 Å². The van der Waals surface area contributed by atoms with Crippen molar-refractivity contribution in [2.24, 2.45) is 0 Å². The number of carbonyl (C=O) groups excluding carboxylic acids is 1. The second-order valence-electron chi connectivity index (χ2n) is 5.22. The summed E-state index contributed by atoms with van der Waals surface area (Å²) in [5.41, 5.74) is 0. The molecule has 100 valence electrons. The molecule has 4 heteroatoms. The molecule has 1 fully saturated rings. The third kappa shape index (κ3) is 6.03. The van der Waals surface area contributed by atoms with Crippen molar-refractivity contribution in [1.82, 2.24) is 15.5 Å². The fourth-order valence-electron chi connectivity index (χ4n) is 2.28. The summed E-state index contributed by atoms with van der Waals surface area (Å²) in [4.78, 5) is 14.0. The van der Waals surface area contributed by atoms with Crippen LogP contribution in [0.1, 0.15) is 39.5 Å². The van der Waals surface area contributed by atoms with Crippen molar-refractivity contribution in [3.05, 3.63) is 0 Å². The van der Waals surface area contributed by atoms with Gasteiger partial charge in [-0.25, -0.2) is 0 Å². The molecule has 1 atom stereocenters. The van der Waals surface area contributed by atoms with E-state index in [1.54, 1.807) is 0 Å². The zero-order valence-corrected chi connectivity index (χ0v) is 11.5. The van der Waals surface area contributed by atoms with E-state index in [9.17, 15) is 4.79 Å². The monoisotopic (exact) mass is 241 g/mol. The van der Waals surface area contributed by atoms with Crippen molar-refractivity contribution in [3.8, 4) is 0 Å².